The monoisotopic (exact) mass is 423 g/mol. The fraction of sp³-hybridized carbons (Fsp3) is 0.400. The molecule has 0 N–H and O–H groups in total. The third-order valence-electron chi connectivity index (χ3n) is 4.66. The molecule has 0 radical (unpaired) electrons. The molecule has 142 valence electrons. The fourth-order valence-electron chi connectivity index (χ4n) is 3.35. The first-order valence-corrected chi connectivity index (χ1v) is 10.4. The molecule has 1 aliphatic carbocycles. The van der Waals surface area contributed by atoms with E-state index >= 15 is 0 Å². The summed E-state index contributed by atoms with van der Waals surface area (Å²) in [5.74, 6) is 2.81. The van der Waals surface area contributed by atoms with Crippen molar-refractivity contribution in [2.45, 2.75) is 32.1 Å². The Balaban J connectivity index is 1.76. The Labute approximate surface area is 173 Å². The number of halogens is 2. The maximum Gasteiger partial charge on any atom is 0.293 e. The molecule has 0 unspecified atom stereocenters. The number of benzene rings is 1. The Kier molecular flexibility index (Phi) is 6.75. The van der Waals surface area contributed by atoms with E-state index < -0.39 is 0 Å². The van der Waals surface area contributed by atoms with Crippen molar-refractivity contribution in [1.82, 2.24) is 4.90 Å². The van der Waals surface area contributed by atoms with Gasteiger partial charge in [-0.15, -0.1) is 6.42 Å². The van der Waals surface area contributed by atoms with Crippen molar-refractivity contribution >= 4 is 52.2 Å². The molecule has 0 spiro atoms. The van der Waals surface area contributed by atoms with Crippen LogP contribution in [-0.4, -0.2) is 29.2 Å². The summed E-state index contributed by atoms with van der Waals surface area (Å²) < 4.78 is 5.33. The van der Waals surface area contributed by atoms with E-state index in [9.17, 15) is 9.59 Å². The van der Waals surface area contributed by atoms with Gasteiger partial charge >= 0.3 is 0 Å². The van der Waals surface area contributed by atoms with Crippen LogP contribution in [-0.2, 0) is 4.79 Å². The second-order valence-electron chi connectivity index (χ2n) is 6.60. The topological polar surface area (TPSA) is 46.6 Å². The zero-order valence-corrected chi connectivity index (χ0v) is 17.0. The van der Waals surface area contributed by atoms with Crippen molar-refractivity contribution in [1.29, 1.82) is 0 Å². The van der Waals surface area contributed by atoms with E-state index in [0.29, 0.717) is 38.7 Å². The average molecular weight is 424 g/mol. The Bertz CT molecular complexity index is 802. The predicted molar refractivity (Wildman–Crippen MR) is 110 cm³/mol. The molecule has 2 fully saturated rings. The summed E-state index contributed by atoms with van der Waals surface area (Å²) in [4.78, 5) is 26.7. The molecule has 1 saturated heterocycles. The number of hydrogen-bond donors (Lipinski definition) is 0. The highest BCUT2D eigenvalue weighted by molar-refractivity contribution is 8.18. The van der Waals surface area contributed by atoms with E-state index in [4.69, 9.17) is 34.4 Å². The van der Waals surface area contributed by atoms with E-state index in [1.165, 1.54) is 24.2 Å². The van der Waals surface area contributed by atoms with Gasteiger partial charge in [0.15, 0.2) is 5.75 Å². The molecule has 3 rings (SSSR count). The van der Waals surface area contributed by atoms with Crippen LogP contribution in [0.2, 0.25) is 10.0 Å². The minimum absolute atomic E-state index is 0.0544. The lowest BCUT2D eigenvalue weighted by atomic mass is 9.89. The summed E-state index contributed by atoms with van der Waals surface area (Å²) >= 11 is 13.4. The van der Waals surface area contributed by atoms with Crippen LogP contribution in [0.5, 0.6) is 5.75 Å². The Morgan fingerprint density at radius 1 is 1.22 bits per heavy atom. The van der Waals surface area contributed by atoms with Gasteiger partial charge in [-0.1, -0.05) is 48.4 Å². The van der Waals surface area contributed by atoms with Crippen LogP contribution in [0.4, 0.5) is 4.79 Å². The highest BCUT2D eigenvalue weighted by atomic mass is 35.5. The van der Waals surface area contributed by atoms with Crippen molar-refractivity contribution in [2.24, 2.45) is 5.92 Å². The van der Waals surface area contributed by atoms with Crippen LogP contribution in [0.15, 0.2) is 17.0 Å². The van der Waals surface area contributed by atoms with Gasteiger partial charge in [-0.25, -0.2) is 0 Å². The third kappa shape index (κ3) is 4.82. The van der Waals surface area contributed by atoms with Crippen LogP contribution in [0.25, 0.3) is 6.08 Å². The first-order valence-electron chi connectivity index (χ1n) is 8.80. The van der Waals surface area contributed by atoms with E-state index in [2.05, 4.69) is 5.92 Å². The molecule has 1 aromatic rings. The zero-order valence-electron chi connectivity index (χ0n) is 14.7. The summed E-state index contributed by atoms with van der Waals surface area (Å²) in [6.07, 6.45) is 12.5. The second kappa shape index (κ2) is 9.05. The first-order chi connectivity index (χ1) is 13.0. The lowest BCUT2D eigenvalue weighted by molar-refractivity contribution is -0.123. The van der Waals surface area contributed by atoms with E-state index in [-0.39, 0.29) is 17.8 Å². The van der Waals surface area contributed by atoms with Crippen molar-refractivity contribution in [2.75, 3.05) is 13.2 Å². The maximum absolute atomic E-state index is 12.7. The highest BCUT2D eigenvalue weighted by Crippen LogP contribution is 2.38. The summed E-state index contributed by atoms with van der Waals surface area (Å²) in [5.41, 5.74) is 0.626. The van der Waals surface area contributed by atoms with Gasteiger partial charge in [0, 0.05) is 6.54 Å². The number of terminal acetylenes is 1. The third-order valence-corrected chi connectivity index (χ3v) is 6.13. The Morgan fingerprint density at radius 3 is 2.52 bits per heavy atom. The summed E-state index contributed by atoms with van der Waals surface area (Å²) in [5, 5.41) is 0.374. The quantitative estimate of drug-likeness (QED) is 0.455. The van der Waals surface area contributed by atoms with Gasteiger partial charge in [-0.05, 0) is 54.3 Å². The predicted octanol–water partition coefficient (Wildman–Crippen LogP) is 5.62. The van der Waals surface area contributed by atoms with E-state index in [1.54, 1.807) is 18.2 Å². The number of imide groups is 1. The van der Waals surface area contributed by atoms with E-state index in [0.717, 1.165) is 24.6 Å². The molecule has 1 aliphatic heterocycles. The van der Waals surface area contributed by atoms with Crippen LogP contribution >= 0.6 is 35.0 Å². The van der Waals surface area contributed by atoms with Crippen molar-refractivity contribution in [3.63, 3.8) is 0 Å². The lowest BCUT2D eigenvalue weighted by Crippen LogP contribution is -2.34. The van der Waals surface area contributed by atoms with Crippen molar-refractivity contribution < 1.29 is 14.3 Å². The largest absolute Gasteiger partial charge is 0.478 e. The number of thioether (sulfide) groups is 1. The molecule has 2 amide bonds. The number of carbonyl (C=O) groups excluding carboxylic acids is 2. The maximum atomic E-state index is 12.7. The number of carbonyl (C=O) groups is 2. The van der Waals surface area contributed by atoms with Crippen molar-refractivity contribution in [3.05, 3.63) is 32.6 Å². The molecule has 1 aromatic carbocycles. The molecule has 1 saturated carbocycles. The second-order valence-corrected chi connectivity index (χ2v) is 8.41. The molecule has 4 nitrogen and oxygen atoms in total. The molecule has 0 bridgehead atoms. The normalized spacial score (nSPS) is 19.6. The van der Waals surface area contributed by atoms with E-state index in [1.807, 2.05) is 0 Å². The SMILES string of the molecule is C#CCOc1c(Cl)cc(/C=C2/SC(=O)N(CC3CCCCC3)C2=O)cc1Cl. The van der Waals surface area contributed by atoms with Crippen LogP contribution in [0.1, 0.15) is 37.7 Å². The number of rotatable bonds is 5. The number of ether oxygens (including phenoxy) is 1. The zero-order chi connectivity index (χ0) is 19.4. The molecule has 27 heavy (non-hydrogen) atoms. The Morgan fingerprint density at radius 2 is 1.89 bits per heavy atom. The van der Waals surface area contributed by atoms with Crippen LogP contribution in [0, 0.1) is 18.3 Å². The summed E-state index contributed by atoms with van der Waals surface area (Å²) in [6, 6.07) is 3.27. The molecule has 7 heteroatoms. The van der Waals surface area contributed by atoms with Crippen LogP contribution in [0.3, 0.4) is 0 Å². The molecule has 1 heterocycles. The minimum atomic E-state index is -0.254. The lowest BCUT2D eigenvalue weighted by Gasteiger charge is -2.25. The minimum Gasteiger partial charge on any atom is -0.478 e. The average Bonchev–Trinajstić information content (AvgIpc) is 2.89. The van der Waals surface area contributed by atoms with Gasteiger partial charge < -0.3 is 4.74 Å². The smallest absolute Gasteiger partial charge is 0.293 e. The fourth-order valence-corrected chi connectivity index (χ4v) is 4.81. The van der Waals surface area contributed by atoms with Gasteiger partial charge in [0.25, 0.3) is 11.1 Å². The van der Waals surface area contributed by atoms with Gasteiger partial charge in [-0.3, -0.25) is 14.5 Å². The molecular weight excluding hydrogens is 405 g/mol. The van der Waals surface area contributed by atoms with Gasteiger partial charge in [0.2, 0.25) is 0 Å². The highest BCUT2D eigenvalue weighted by Gasteiger charge is 2.36. The molecule has 2 aliphatic rings. The summed E-state index contributed by atoms with van der Waals surface area (Å²) in [6.45, 7) is 0.557. The van der Waals surface area contributed by atoms with Gasteiger partial charge in [0.05, 0.1) is 15.0 Å². The van der Waals surface area contributed by atoms with Gasteiger partial charge in [0.1, 0.15) is 6.61 Å². The number of amides is 2. The molecular formula is C20H19Cl2NO3S. The molecule has 0 aromatic heterocycles. The summed E-state index contributed by atoms with van der Waals surface area (Å²) in [7, 11) is 0. The van der Waals surface area contributed by atoms with Crippen molar-refractivity contribution in [3.8, 4) is 18.1 Å². The Hall–Kier alpha value is -1.61. The van der Waals surface area contributed by atoms with Gasteiger partial charge in [-0.2, -0.15) is 0 Å². The number of nitrogens with zero attached hydrogens (tertiary/aromatic N) is 1. The van der Waals surface area contributed by atoms with Crippen LogP contribution < -0.4 is 4.74 Å². The standard InChI is InChI=1S/C20H19Cl2NO3S/c1-2-8-26-18-15(21)9-14(10-16(18)22)11-17-19(24)23(20(25)27-17)12-13-6-4-3-5-7-13/h1,9-11,13H,3-8,12H2/b17-11+. The molecule has 0 atom stereocenters. The number of hydrogen-bond acceptors (Lipinski definition) is 4. The first kappa shape index (κ1) is 20.1.